The number of carbonyl (C=O) groups excluding carboxylic acids is 3. The van der Waals surface area contributed by atoms with Crippen molar-refractivity contribution in [2.24, 2.45) is 5.10 Å². The van der Waals surface area contributed by atoms with Gasteiger partial charge in [-0.2, -0.15) is 5.10 Å². The molecule has 3 amide bonds. The van der Waals surface area contributed by atoms with Gasteiger partial charge in [-0.15, -0.1) is 0 Å². The fraction of sp³-hybridized carbons (Fsp3) is 0.120. The van der Waals surface area contributed by atoms with Crippen molar-refractivity contribution in [2.75, 3.05) is 17.2 Å². The largest absolute Gasteiger partial charge is 0.483 e. The van der Waals surface area contributed by atoms with Crippen LogP contribution in [0.3, 0.4) is 0 Å². The van der Waals surface area contributed by atoms with Gasteiger partial charge in [0.25, 0.3) is 5.91 Å². The monoisotopic (exact) mass is 590 g/mol. The molecule has 0 aromatic heterocycles. The standard InChI is InChI=1S/C25H21BrCl2N4O4/c1-14-5-3-6-15(2)23(14)31-24(34)25(35)32-29-12-16-11-17(26)9-10-20(16)36-13-21(33)30-19-8-4-7-18(27)22(19)28/h3-12H,13H2,1-2H3,(H,30,33)(H,31,34)(H,32,35)/b29-12-. The Balaban J connectivity index is 1.61. The molecule has 0 aliphatic carbocycles. The van der Waals surface area contributed by atoms with E-state index in [0.29, 0.717) is 32.2 Å². The zero-order valence-electron chi connectivity index (χ0n) is 19.2. The van der Waals surface area contributed by atoms with Crippen LogP contribution in [0, 0.1) is 13.8 Å². The number of nitrogens with zero attached hydrogens (tertiary/aromatic N) is 1. The average molecular weight is 592 g/mol. The van der Waals surface area contributed by atoms with Gasteiger partial charge in [0.2, 0.25) is 0 Å². The molecule has 3 N–H and O–H groups in total. The van der Waals surface area contributed by atoms with E-state index in [1.54, 1.807) is 36.4 Å². The second-order valence-corrected chi connectivity index (χ2v) is 9.24. The van der Waals surface area contributed by atoms with E-state index in [1.165, 1.54) is 6.21 Å². The lowest BCUT2D eigenvalue weighted by molar-refractivity contribution is -0.136. The second-order valence-electron chi connectivity index (χ2n) is 7.54. The first-order valence-electron chi connectivity index (χ1n) is 10.5. The molecule has 0 saturated heterocycles. The van der Waals surface area contributed by atoms with E-state index in [4.69, 9.17) is 27.9 Å². The Morgan fingerprint density at radius 3 is 2.39 bits per heavy atom. The normalized spacial score (nSPS) is 10.7. The third-order valence-electron chi connectivity index (χ3n) is 4.85. The van der Waals surface area contributed by atoms with Crippen LogP contribution >= 0.6 is 39.1 Å². The van der Waals surface area contributed by atoms with Crippen molar-refractivity contribution in [3.8, 4) is 5.75 Å². The first kappa shape index (κ1) is 27.2. The van der Waals surface area contributed by atoms with Gasteiger partial charge < -0.3 is 15.4 Å². The lowest BCUT2D eigenvalue weighted by Gasteiger charge is -2.11. The summed E-state index contributed by atoms with van der Waals surface area (Å²) in [6.45, 7) is 3.34. The maximum atomic E-state index is 12.3. The maximum Gasteiger partial charge on any atom is 0.329 e. The third-order valence-corrected chi connectivity index (χ3v) is 6.16. The van der Waals surface area contributed by atoms with Gasteiger partial charge in [0.05, 0.1) is 21.9 Å². The van der Waals surface area contributed by atoms with Crippen molar-refractivity contribution in [3.63, 3.8) is 0 Å². The van der Waals surface area contributed by atoms with Gasteiger partial charge >= 0.3 is 11.8 Å². The molecule has 0 saturated carbocycles. The van der Waals surface area contributed by atoms with E-state index in [-0.39, 0.29) is 11.6 Å². The molecule has 0 spiro atoms. The molecule has 3 aromatic rings. The number of benzene rings is 3. The molecule has 186 valence electrons. The van der Waals surface area contributed by atoms with Crippen LogP contribution in [0.2, 0.25) is 10.0 Å². The van der Waals surface area contributed by atoms with Crippen LogP contribution in [0.15, 0.2) is 64.2 Å². The van der Waals surface area contributed by atoms with Crippen molar-refractivity contribution < 1.29 is 19.1 Å². The van der Waals surface area contributed by atoms with E-state index >= 15 is 0 Å². The second kappa shape index (κ2) is 12.5. The number of aryl methyl sites for hydroxylation is 2. The van der Waals surface area contributed by atoms with Crippen molar-refractivity contribution in [3.05, 3.63) is 85.8 Å². The Kier molecular flexibility index (Phi) is 9.46. The quantitative estimate of drug-likeness (QED) is 0.192. The van der Waals surface area contributed by atoms with Crippen molar-refractivity contribution in [1.29, 1.82) is 0 Å². The lowest BCUT2D eigenvalue weighted by atomic mass is 10.1. The molecule has 0 fully saturated rings. The summed E-state index contributed by atoms with van der Waals surface area (Å²) >= 11 is 15.4. The Hall–Kier alpha value is -3.40. The number of halogens is 3. The summed E-state index contributed by atoms with van der Waals surface area (Å²) in [4.78, 5) is 36.8. The van der Waals surface area contributed by atoms with E-state index < -0.39 is 17.7 Å². The van der Waals surface area contributed by atoms with Crippen molar-refractivity contribution in [1.82, 2.24) is 5.43 Å². The number of hydrogen-bond donors (Lipinski definition) is 3. The van der Waals surface area contributed by atoms with Gasteiger partial charge in [-0.1, -0.05) is 63.4 Å². The summed E-state index contributed by atoms with van der Waals surface area (Å²) in [5.41, 5.74) is 5.23. The average Bonchev–Trinajstić information content (AvgIpc) is 2.83. The number of hydrogen-bond acceptors (Lipinski definition) is 5. The molecule has 0 aliphatic heterocycles. The minimum Gasteiger partial charge on any atom is -0.483 e. The summed E-state index contributed by atoms with van der Waals surface area (Å²) in [6, 6.07) is 15.4. The Labute approximate surface area is 226 Å². The van der Waals surface area contributed by atoms with Crippen LogP contribution in [0.5, 0.6) is 5.75 Å². The minimum absolute atomic E-state index is 0.223. The molecule has 36 heavy (non-hydrogen) atoms. The summed E-state index contributed by atoms with van der Waals surface area (Å²) in [7, 11) is 0. The summed E-state index contributed by atoms with van der Waals surface area (Å²) in [5, 5.41) is 9.60. The molecule has 0 bridgehead atoms. The van der Waals surface area contributed by atoms with E-state index in [2.05, 4.69) is 37.1 Å². The molecule has 0 heterocycles. The molecular formula is C25H21BrCl2N4O4. The van der Waals surface area contributed by atoms with Gasteiger partial charge in [0.1, 0.15) is 5.75 Å². The first-order chi connectivity index (χ1) is 17.2. The first-order valence-corrected chi connectivity index (χ1v) is 12.1. The minimum atomic E-state index is -0.941. The van der Waals surface area contributed by atoms with E-state index in [0.717, 1.165) is 11.1 Å². The molecule has 0 unspecified atom stereocenters. The maximum absolute atomic E-state index is 12.3. The highest BCUT2D eigenvalue weighted by molar-refractivity contribution is 9.10. The number of para-hydroxylation sites is 1. The van der Waals surface area contributed by atoms with E-state index in [9.17, 15) is 14.4 Å². The smallest absolute Gasteiger partial charge is 0.329 e. The highest BCUT2D eigenvalue weighted by Crippen LogP contribution is 2.29. The number of anilines is 2. The number of hydrazone groups is 1. The molecule has 8 nitrogen and oxygen atoms in total. The molecule has 3 aromatic carbocycles. The van der Waals surface area contributed by atoms with Crippen LogP contribution in [0.1, 0.15) is 16.7 Å². The summed E-state index contributed by atoms with van der Waals surface area (Å²) < 4.78 is 6.33. The molecule has 3 rings (SSSR count). The Bertz CT molecular complexity index is 1330. The molecule has 0 atom stereocenters. The fourth-order valence-corrected chi connectivity index (χ4v) is 3.80. The predicted molar refractivity (Wildman–Crippen MR) is 145 cm³/mol. The SMILES string of the molecule is Cc1cccc(C)c1NC(=O)C(=O)N/N=C\c1cc(Br)ccc1OCC(=O)Nc1cccc(Cl)c1Cl. The predicted octanol–water partition coefficient (Wildman–Crippen LogP) is 5.48. The number of amides is 3. The summed E-state index contributed by atoms with van der Waals surface area (Å²) in [6.07, 6.45) is 1.30. The zero-order chi connectivity index (χ0) is 26.2. The van der Waals surface area contributed by atoms with Crippen LogP contribution in [0.25, 0.3) is 0 Å². The molecule has 11 heteroatoms. The van der Waals surface area contributed by atoms with Crippen LogP contribution < -0.4 is 20.8 Å². The zero-order valence-corrected chi connectivity index (χ0v) is 22.3. The third kappa shape index (κ3) is 7.30. The van der Waals surface area contributed by atoms with Gasteiger partial charge in [0, 0.05) is 15.7 Å². The van der Waals surface area contributed by atoms with Gasteiger partial charge in [-0.3, -0.25) is 14.4 Å². The molecular weight excluding hydrogens is 571 g/mol. The Morgan fingerprint density at radius 2 is 1.67 bits per heavy atom. The summed E-state index contributed by atoms with van der Waals surface area (Å²) in [5.74, 6) is -1.93. The van der Waals surface area contributed by atoms with Crippen LogP contribution in [0.4, 0.5) is 11.4 Å². The van der Waals surface area contributed by atoms with Crippen molar-refractivity contribution in [2.45, 2.75) is 13.8 Å². The number of carbonyl (C=O) groups is 3. The van der Waals surface area contributed by atoms with Gasteiger partial charge in [-0.05, 0) is 55.3 Å². The van der Waals surface area contributed by atoms with E-state index in [1.807, 2.05) is 32.0 Å². The van der Waals surface area contributed by atoms with Crippen LogP contribution in [-0.4, -0.2) is 30.5 Å². The van der Waals surface area contributed by atoms with Crippen molar-refractivity contribution >= 4 is 74.4 Å². The number of ether oxygens (including phenoxy) is 1. The molecule has 0 aliphatic rings. The highest BCUT2D eigenvalue weighted by Gasteiger charge is 2.15. The molecule has 0 radical (unpaired) electrons. The highest BCUT2D eigenvalue weighted by atomic mass is 79.9. The van der Waals surface area contributed by atoms with Crippen LogP contribution in [-0.2, 0) is 14.4 Å². The fourth-order valence-electron chi connectivity index (χ4n) is 3.07. The topological polar surface area (TPSA) is 109 Å². The number of nitrogens with one attached hydrogen (secondary N) is 3. The Morgan fingerprint density at radius 1 is 0.972 bits per heavy atom. The number of rotatable bonds is 7. The van der Waals surface area contributed by atoms with Gasteiger partial charge in [-0.25, -0.2) is 5.43 Å². The van der Waals surface area contributed by atoms with Gasteiger partial charge in [0.15, 0.2) is 6.61 Å². The lowest BCUT2D eigenvalue weighted by Crippen LogP contribution is -2.32.